The van der Waals surface area contributed by atoms with Gasteiger partial charge in [0.25, 0.3) is 5.91 Å². The number of esters is 1. The number of hydrogen-bond acceptors (Lipinski definition) is 4. The summed E-state index contributed by atoms with van der Waals surface area (Å²) in [6.45, 7) is 1.59. The number of nitrogens with zero attached hydrogens (tertiary/aromatic N) is 1. The van der Waals surface area contributed by atoms with Crippen molar-refractivity contribution in [1.82, 2.24) is 10.3 Å². The number of aromatic nitrogens is 1. The first-order valence-corrected chi connectivity index (χ1v) is 7.39. The number of hydrogen-bond donors (Lipinski definition) is 1. The maximum absolute atomic E-state index is 12.0. The van der Waals surface area contributed by atoms with Gasteiger partial charge in [-0.15, -0.1) is 0 Å². The Morgan fingerprint density at radius 2 is 2.05 bits per heavy atom. The molecule has 0 aliphatic heterocycles. The van der Waals surface area contributed by atoms with Crippen LogP contribution in [0.5, 0.6) is 0 Å². The maximum Gasteiger partial charge on any atom is 0.325 e. The van der Waals surface area contributed by atoms with Crippen molar-refractivity contribution in [3.8, 4) is 11.3 Å². The Balaban J connectivity index is 2.19. The number of carbonyl (C=O) groups is 2. The van der Waals surface area contributed by atoms with Gasteiger partial charge in [0.1, 0.15) is 6.54 Å². The van der Waals surface area contributed by atoms with Crippen LogP contribution < -0.4 is 5.32 Å². The van der Waals surface area contributed by atoms with E-state index < -0.39 is 5.97 Å². The van der Waals surface area contributed by atoms with Crippen molar-refractivity contribution in [3.05, 3.63) is 52.1 Å². The van der Waals surface area contributed by atoms with Gasteiger partial charge in [0.2, 0.25) is 0 Å². The predicted octanol–water partition coefficient (Wildman–Crippen LogP) is 2.72. The van der Waals surface area contributed by atoms with Crippen molar-refractivity contribution < 1.29 is 14.3 Å². The fourth-order valence-electron chi connectivity index (χ4n) is 1.93. The summed E-state index contributed by atoms with van der Waals surface area (Å²) in [6.07, 6.45) is 0. The first kappa shape index (κ1) is 16.2. The smallest absolute Gasteiger partial charge is 0.325 e. The van der Waals surface area contributed by atoms with E-state index in [1.165, 1.54) is 7.11 Å². The molecule has 0 saturated carbocycles. The molecule has 22 heavy (non-hydrogen) atoms. The van der Waals surface area contributed by atoms with Crippen molar-refractivity contribution >= 4 is 27.8 Å². The largest absolute Gasteiger partial charge is 0.468 e. The molecule has 0 unspecified atom stereocenters. The molecular formula is C16H15BrN2O3. The number of halogens is 1. The fourth-order valence-corrected chi connectivity index (χ4v) is 2.33. The summed E-state index contributed by atoms with van der Waals surface area (Å²) in [7, 11) is 1.27. The lowest BCUT2D eigenvalue weighted by Crippen LogP contribution is -2.30. The zero-order valence-electron chi connectivity index (χ0n) is 12.2. The third-order valence-corrected chi connectivity index (χ3v) is 3.57. The Bertz CT molecular complexity index is 716. The number of methoxy groups -OCH3 is 1. The highest BCUT2D eigenvalue weighted by atomic mass is 79.9. The number of ether oxygens (including phenoxy) is 1. The van der Waals surface area contributed by atoms with E-state index in [1.54, 1.807) is 19.1 Å². The van der Waals surface area contributed by atoms with Crippen molar-refractivity contribution in [2.45, 2.75) is 6.92 Å². The van der Waals surface area contributed by atoms with Crippen LogP contribution in [0.25, 0.3) is 11.3 Å². The van der Waals surface area contributed by atoms with E-state index in [4.69, 9.17) is 0 Å². The third kappa shape index (κ3) is 3.92. The van der Waals surface area contributed by atoms with Gasteiger partial charge in [-0.2, -0.15) is 0 Å². The highest BCUT2D eigenvalue weighted by Crippen LogP contribution is 2.22. The van der Waals surface area contributed by atoms with E-state index in [0.717, 1.165) is 15.7 Å². The van der Waals surface area contributed by atoms with Gasteiger partial charge in [-0.25, -0.2) is 0 Å². The topological polar surface area (TPSA) is 68.3 Å². The van der Waals surface area contributed by atoms with Gasteiger partial charge in [-0.1, -0.05) is 28.1 Å². The minimum Gasteiger partial charge on any atom is -0.468 e. The zero-order valence-corrected chi connectivity index (χ0v) is 13.8. The Morgan fingerprint density at radius 1 is 1.27 bits per heavy atom. The SMILES string of the molecule is COC(=O)CNC(=O)c1ccc(-c2cccc(Br)c2)nc1C. The Labute approximate surface area is 136 Å². The molecular weight excluding hydrogens is 348 g/mol. The molecule has 0 atom stereocenters. The molecule has 6 heteroatoms. The first-order chi connectivity index (χ1) is 10.5. The van der Waals surface area contributed by atoms with Gasteiger partial charge in [0.15, 0.2) is 0 Å². The van der Waals surface area contributed by atoms with Gasteiger partial charge >= 0.3 is 5.97 Å². The van der Waals surface area contributed by atoms with Crippen LogP contribution in [0.3, 0.4) is 0 Å². The van der Waals surface area contributed by atoms with Crippen molar-refractivity contribution in [2.24, 2.45) is 0 Å². The van der Waals surface area contributed by atoms with E-state index in [-0.39, 0.29) is 12.5 Å². The molecule has 114 valence electrons. The number of rotatable bonds is 4. The van der Waals surface area contributed by atoms with Crippen molar-refractivity contribution in [2.75, 3.05) is 13.7 Å². The van der Waals surface area contributed by atoms with Crippen LogP contribution in [0.2, 0.25) is 0 Å². The minimum absolute atomic E-state index is 0.165. The highest BCUT2D eigenvalue weighted by Gasteiger charge is 2.12. The maximum atomic E-state index is 12.0. The molecule has 1 heterocycles. The number of pyridine rings is 1. The van der Waals surface area contributed by atoms with Crippen LogP contribution in [0.1, 0.15) is 16.1 Å². The van der Waals surface area contributed by atoms with Crippen LogP contribution in [-0.2, 0) is 9.53 Å². The normalized spacial score (nSPS) is 10.1. The third-order valence-electron chi connectivity index (χ3n) is 3.07. The Hall–Kier alpha value is -2.21. The Morgan fingerprint density at radius 3 is 2.68 bits per heavy atom. The quantitative estimate of drug-likeness (QED) is 0.849. The molecule has 0 aliphatic carbocycles. The predicted molar refractivity (Wildman–Crippen MR) is 86.5 cm³/mol. The lowest BCUT2D eigenvalue weighted by molar-refractivity contribution is -0.139. The monoisotopic (exact) mass is 362 g/mol. The van der Waals surface area contributed by atoms with Gasteiger partial charge in [0, 0.05) is 10.0 Å². The molecule has 0 aliphatic rings. The first-order valence-electron chi connectivity index (χ1n) is 6.60. The van der Waals surface area contributed by atoms with Crippen LogP contribution >= 0.6 is 15.9 Å². The molecule has 0 radical (unpaired) electrons. The van der Waals surface area contributed by atoms with Crippen LogP contribution in [0.4, 0.5) is 0 Å². The fraction of sp³-hybridized carbons (Fsp3) is 0.188. The summed E-state index contributed by atoms with van der Waals surface area (Å²) in [5.41, 5.74) is 2.77. The summed E-state index contributed by atoms with van der Waals surface area (Å²) in [5, 5.41) is 2.50. The van der Waals surface area contributed by atoms with Crippen LogP contribution in [0.15, 0.2) is 40.9 Å². The number of amides is 1. The molecule has 2 aromatic rings. The molecule has 0 spiro atoms. The molecule has 1 aromatic heterocycles. The second-order valence-electron chi connectivity index (χ2n) is 4.60. The number of aryl methyl sites for hydroxylation is 1. The van der Waals surface area contributed by atoms with Crippen LogP contribution in [-0.4, -0.2) is 30.5 Å². The average Bonchev–Trinajstić information content (AvgIpc) is 2.52. The molecule has 1 aromatic carbocycles. The lowest BCUT2D eigenvalue weighted by Gasteiger charge is -2.08. The summed E-state index contributed by atoms with van der Waals surface area (Å²) < 4.78 is 5.44. The zero-order chi connectivity index (χ0) is 16.1. The Kier molecular flexibility index (Phi) is 5.27. The van der Waals surface area contributed by atoms with E-state index in [9.17, 15) is 9.59 Å². The molecule has 0 saturated heterocycles. The average molecular weight is 363 g/mol. The molecule has 0 bridgehead atoms. The number of benzene rings is 1. The van der Waals surface area contributed by atoms with Gasteiger partial charge in [-0.3, -0.25) is 14.6 Å². The summed E-state index contributed by atoms with van der Waals surface area (Å²) >= 11 is 3.42. The second kappa shape index (κ2) is 7.17. The van der Waals surface area contributed by atoms with Gasteiger partial charge in [0.05, 0.1) is 24.1 Å². The van der Waals surface area contributed by atoms with Crippen molar-refractivity contribution in [1.29, 1.82) is 0 Å². The lowest BCUT2D eigenvalue weighted by atomic mass is 10.1. The molecule has 1 amide bonds. The van der Waals surface area contributed by atoms with Crippen molar-refractivity contribution in [3.63, 3.8) is 0 Å². The summed E-state index contributed by atoms with van der Waals surface area (Å²) in [6, 6.07) is 11.2. The van der Waals surface area contributed by atoms with Crippen LogP contribution in [0, 0.1) is 6.92 Å². The standard InChI is InChI=1S/C16H15BrN2O3/c1-10-13(16(21)18-9-15(20)22-2)6-7-14(19-10)11-4-3-5-12(17)8-11/h3-8H,9H2,1-2H3,(H,18,21). The highest BCUT2D eigenvalue weighted by molar-refractivity contribution is 9.10. The van der Waals surface area contributed by atoms with Gasteiger partial charge in [-0.05, 0) is 31.2 Å². The van der Waals surface area contributed by atoms with E-state index in [2.05, 4.69) is 31.0 Å². The van der Waals surface area contributed by atoms with E-state index in [0.29, 0.717) is 11.3 Å². The molecule has 2 rings (SSSR count). The molecule has 5 nitrogen and oxygen atoms in total. The summed E-state index contributed by atoms with van der Waals surface area (Å²) in [4.78, 5) is 27.5. The van der Waals surface area contributed by atoms with E-state index >= 15 is 0 Å². The minimum atomic E-state index is -0.496. The number of nitrogens with one attached hydrogen (secondary N) is 1. The van der Waals surface area contributed by atoms with Gasteiger partial charge < -0.3 is 10.1 Å². The molecule has 0 fully saturated rings. The second-order valence-corrected chi connectivity index (χ2v) is 5.51. The molecule has 1 N–H and O–H groups in total. The van der Waals surface area contributed by atoms with E-state index in [1.807, 2.05) is 24.3 Å². The number of carbonyl (C=O) groups excluding carboxylic acids is 2. The summed E-state index contributed by atoms with van der Waals surface area (Å²) in [5.74, 6) is -0.846.